The number of aryl methyl sites for hydroxylation is 1. The van der Waals surface area contributed by atoms with Crippen LogP contribution in [0.2, 0.25) is 0 Å². The lowest BCUT2D eigenvalue weighted by Crippen LogP contribution is -2.27. The van der Waals surface area contributed by atoms with Gasteiger partial charge in [-0.05, 0) is 26.7 Å². The Morgan fingerprint density at radius 3 is 2.80 bits per heavy atom. The monoisotopic (exact) mass is 207 g/mol. The molecular weight excluding hydrogens is 190 g/mol. The smallest absolute Gasteiger partial charge is 0.239 e. The first kappa shape index (κ1) is 10.2. The average Bonchev–Trinajstić information content (AvgIpc) is 3.02. The summed E-state index contributed by atoms with van der Waals surface area (Å²) in [5.74, 6) is 6.79. The fourth-order valence-electron chi connectivity index (χ4n) is 1.76. The normalized spacial score (nSPS) is 15.1. The maximum Gasteiger partial charge on any atom is 0.239 e. The summed E-state index contributed by atoms with van der Waals surface area (Å²) in [6.07, 6.45) is 2.53. The van der Waals surface area contributed by atoms with Gasteiger partial charge in [-0.2, -0.15) is 4.98 Å². The van der Waals surface area contributed by atoms with Crippen molar-refractivity contribution in [3.05, 3.63) is 11.8 Å². The van der Waals surface area contributed by atoms with Crippen molar-refractivity contribution < 1.29 is 0 Å². The SMILES string of the molecule is CCN(c1cc(C)nc(NN)n1)C1CC1. The zero-order valence-corrected chi connectivity index (χ0v) is 9.20. The van der Waals surface area contributed by atoms with E-state index in [-0.39, 0.29) is 0 Å². The fourth-order valence-corrected chi connectivity index (χ4v) is 1.76. The first-order valence-electron chi connectivity index (χ1n) is 5.33. The third-order valence-electron chi connectivity index (χ3n) is 2.59. The minimum Gasteiger partial charge on any atom is -0.354 e. The number of nitrogen functional groups attached to an aromatic ring is 1. The predicted octanol–water partition coefficient (Wildman–Crippen LogP) is 1.06. The zero-order valence-electron chi connectivity index (χ0n) is 9.20. The van der Waals surface area contributed by atoms with E-state index in [1.54, 1.807) is 0 Å². The molecule has 1 saturated carbocycles. The molecule has 0 atom stereocenters. The largest absolute Gasteiger partial charge is 0.354 e. The van der Waals surface area contributed by atoms with Gasteiger partial charge in [0.15, 0.2) is 0 Å². The van der Waals surface area contributed by atoms with E-state index >= 15 is 0 Å². The highest BCUT2D eigenvalue weighted by molar-refractivity contribution is 5.46. The standard InChI is InChI=1S/C10H17N5/c1-3-15(8-4-5-8)9-6-7(2)12-10(13-9)14-11/h6,8H,3-5,11H2,1-2H3,(H,12,13,14). The van der Waals surface area contributed by atoms with Crippen molar-refractivity contribution in [2.75, 3.05) is 16.9 Å². The topological polar surface area (TPSA) is 67.1 Å². The highest BCUT2D eigenvalue weighted by Crippen LogP contribution is 2.30. The van der Waals surface area contributed by atoms with Crippen LogP contribution < -0.4 is 16.2 Å². The van der Waals surface area contributed by atoms with Crippen LogP contribution in [0.1, 0.15) is 25.5 Å². The third kappa shape index (κ3) is 2.18. The lowest BCUT2D eigenvalue weighted by Gasteiger charge is -2.22. The lowest BCUT2D eigenvalue weighted by atomic mass is 10.4. The van der Waals surface area contributed by atoms with Crippen LogP contribution in [0.3, 0.4) is 0 Å². The van der Waals surface area contributed by atoms with Gasteiger partial charge < -0.3 is 4.90 Å². The Hall–Kier alpha value is -1.36. The molecule has 82 valence electrons. The van der Waals surface area contributed by atoms with Gasteiger partial charge in [0.1, 0.15) is 5.82 Å². The Morgan fingerprint density at radius 2 is 2.27 bits per heavy atom. The van der Waals surface area contributed by atoms with Gasteiger partial charge in [-0.15, -0.1) is 0 Å². The molecule has 1 aromatic rings. The third-order valence-corrected chi connectivity index (χ3v) is 2.59. The Morgan fingerprint density at radius 1 is 1.53 bits per heavy atom. The molecule has 0 aliphatic heterocycles. The van der Waals surface area contributed by atoms with Crippen molar-refractivity contribution in [1.29, 1.82) is 0 Å². The molecule has 1 heterocycles. The van der Waals surface area contributed by atoms with Crippen molar-refractivity contribution in [2.45, 2.75) is 32.7 Å². The number of hydrogen-bond acceptors (Lipinski definition) is 5. The molecule has 0 spiro atoms. The van der Waals surface area contributed by atoms with E-state index in [4.69, 9.17) is 5.84 Å². The fraction of sp³-hybridized carbons (Fsp3) is 0.600. The summed E-state index contributed by atoms with van der Waals surface area (Å²) >= 11 is 0. The molecule has 0 bridgehead atoms. The van der Waals surface area contributed by atoms with E-state index in [9.17, 15) is 0 Å². The second kappa shape index (κ2) is 4.02. The second-order valence-corrected chi connectivity index (χ2v) is 3.85. The molecule has 1 aliphatic rings. The highest BCUT2D eigenvalue weighted by atomic mass is 15.3. The molecule has 3 N–H and O–H groups in total. The van der Waals surface area contributed by atoms with E-state index in [1.165, 1.54) is 12.8 Å². The molecule has 0 radical (unpaired) electrons. The van der Waals surface area contributed by atoms with E-state index < -0.39 is 0 Å². The molecule has 0 unspecified atom stereocenters. The first-order chi connectivity index (χ1) is 7.24. The van der Waals surface area contributed by atoms with Crippen molar-refractivity contribution in [1.82, 2.24) is 9.97 Å². The number of rotatable bonds is 4. The van der Waals surface area contributed by atoms with Gasteiger partial charge in [0.25, 0.3) is 0 Å². The summed E-state index contributed by atoms with van der Waals surface area (Å²) in [7, 11) is 0. The van der Waals surface area contributed by atoms with Gasteiger partial charge in [0.05, 0.1) is 0 Å². The summed E-state index contributed by atoms with van der Waals surface area (Å²) in [6.45, 7) is 5.07. The van der Waals surface area contributed by atoms with E-state index in [1.807, 2.05) is 13.0 Å². The van der Waals surface area contributed by atoms with Gasteiger partial charge in [-0.1, -0.05) is 0 Å². The molecule has 0 saturated heterocycles. The Labute approximate surface area is 89.7 Å². The Balaban J connectivity index is 2.28. The van der Waals surface area contributed by atoms with Crippen LogP contribution in [0.4, 0.5) is 11.8 Å². The van der Waals surface area contributed by atoms with Crippen LogP contribution in [0, 0.1) is 6.92 Å². The van der Waals surface area contributed by atoms with Crippen LogP contribution in [-0.2, 0) is 0 Å². The summed E-state index contributed by atoms with van der Waals surface area (Å²) in [6, 6.07) is 2.66. The van der Waals surface area contributed by atoms with Gasteiger partial charge in [-0.3, -0.25) is 5.43 Å². The van der Waals surface area contributed by atoms with Crippen LogP contribution in [0.15, 0.2) is 6.07 Å². The van der Waals surface area contributed by atoms with Crippen molar-refractivity contribution >= 4 is 11.8 Å². The molecule has 1 aliphatic carbocycles. The van der Waals surface area contributed by atoms with Crippen LogP contribution in [-0.4, -0.2) is 22.6 Å². The molecular formula is C10H17N5. The molecule has 5 heteroatoms. The quantitative estimate of drug-likeness (QED) is 0.571. The van der Waals surface area contributed by atoms with Crippen LogP contribution >= 0.6 is 0 Å². The lowest BCUT2D eigenvalue weighted by molar-refractivity contribution is 0.803. The number of nitrogens with zero attached hydrogens (tertiary/aromatic N) is 3. The summed E-state index contributed by atoms with van der Waals surface area (Å²) < 4.78 is 0. The summed E-state index contributed by atoms with van der Waals surface area (Å²) in [5, 5.41) is 0. The molecule has 15 heavy (non-hydrogen) atoms. The zero-order chi connectivity index (χ0) is 10.8. The average molecular weight is 207 g/mol. The van der Waals surface area contributed by atoms with Crippen molar-refractivity contribution in [3.63, 3.8) is 0 Å². The van der Waals surface area contributed by atoms with E-state index in [2.05, 4.69) is 27.2 Å². The van der Waals surface area contributed by atoms with Gasteiger partial charge in [0.2, 0.25) is 5.95 Å². The van der Waals surface area contributed by atoms with Crippen molar-refractivity contribution in [3.8, 4) is 0 Å². The summed E-state index contributed by atoms with van der Waals surface area (Å²) in [5.41, 5.74) is 3.43. The molecule has 5 nitrogen and oxygen atoms in total. The number of hydrogen-bond donors (Lipinski definition) is 2. The molecule has 1 fully saturated rings. The molecule has 0 aromatic carbocycles. The maximum atomic E-state index is 5.33. The van der Waals surface area contributed by atoms with Gasteiger partial charge >= 0.3 is 0 Å². The Kier molecular flexibility index (Phi) is 2.73. The van der Waals surface area contributed by atoms with Gasteiger partial charge in [-0.25, -0.2) is 10.8 Å². The Bertz CT molecular complexity index is 348. The first-order valence-corrected chi connectivity index (χ1v) is 5.33. The number of hydrazine groups is 1. The molecule has 2 rings (SSSR count). The van der Waals surface area contributed by atoms with Crippen molar-refractivity contribution in [2.24, 2.45) is 5.84 Å². The minimum atomic E-state index is 0.490. The number of nitrogens with two attached hydrogens (primary N) is 1. The molecule has 0 amide bonds. The predicted molar refractivity (Wildman–Crippen MR) is 60.6 cm³/mol. The van der Waals surface area contributed by atoms with Gasteiger partial charge in [0, 0.05) is 24.3 Å². The van der Waals surface area contributed by atoms with Crippen LogP contribution in [0.5, 0.6) is 0 Å². The summed E-state index contributed by atoms with van der Waals surface area (Å²) in [4.78, 5) is 10.8. The molecule has 1 aromatic heterocycles. The van der Waals surface area contributed by atoms with E-state index in [0.717, 1.165) is 18.1 Å². The second-order valence-electron chi connectivity index (χ2n) is 3.85. The maximum absolute atomic E-state index is 5.33. The number of aromatic nitrogens is 2. The minimum absolute atomic E-state index is 0.490. The number of nitrogens with one attached hydrogen (secondary N) is 1. The number of anilines is 2. The van der Waals surface area contributed by atoms with E-state index in [0.29, 0.717) is 12.0 Å². The van der Waals surface area contributed by atoms with Crippen LogP contribution in [0.25, 0.3) is 0 Å². The highest BCUT2D eigenvalue weighted by Gasteiger charge is 2.29.